The van der Waals surface area contributed by atoms with Crippen LogP contribution in [0.25, 0.3) is 0 Å². The van der Waals surface area contributed by atoms with Crippen LogP contribution in [-0.4, -0.2) is 34.9 Å². The van der Waals surface area contributed by atoms with Crippen molar-refractivity contribution in [1.29, 1.82) is 0 Å². The van der Waals surface area contributed by atoms with E-state index in [4.69, 9.17) is 4.98 Å². The number of aryl methyl sites for hydroxylation is 2. The number of rotatable bonds is 6. The van der Waals surface area contributed by atoms with E-state index in [-0.39, 0.29) is 42.9 Å². The fourth-order valence-corrected chi connectivity index (χ4v) is 16.0. The summed E-state index contributed by atoms with van der Waals surface area (Å²) in [5.41, 5.74) is 4.67. The third kappa shape index (κ3) is 12.0. The van der Waals surface area contributed by atoms with Crippen LogP contribution < -0.4 is 0 Å². The zero-order chi connectivity index (χ0) is 22.4. The number of nitrogens with zero attached hydrogens (tertiary/aromatic N) is 2. The first-order valence-corrected chi connectivity index (χ1v) is 20.3. The van der Waals surface area contributed by atoms with Gasteiger partial charge >= 0.3 is 34.1 Å². The Morgan fingerprint density at radius 1 is 0.742 bits per heavy atom. The van der Waals surface area contributed by atoms with E-state index in [2.05, 4.69) is 102 Å². The maximum Gasteiger partial charge on any atom is 1.00 e. The van der Waals surface area contributed by atoms with Crippen LogP contribution >= 0.6 is 0 Å². The minimum atomic E-state index is -1.27. The fourth-order valence-electron chi connectivity index (χ4n) is 3.98. The number of pyridine rings is 2. The van der Waals surface area contributed by atoms with E-state index in [0.29, 0.717) is 0 Å². The van der Waals surface area contributed by atoms with Gasteiger partial charge in [0.05, 0.1) is 0 Å². The Morgan fingerprint density at radius 2 is 1.13 bits per heavy atom. The van der Waals surface area contributed by atoms with Gasteiger partial charge in [-0.15, -0.1) is 25.1 Å². The Morgan fingerprint density at radius 3 is 1.48 bits per heavy atom. The van der Waals surface area contributed by atoms with Crippen LogP contribution in [-0.2, 0) is 34.1 Å². The summed E-state index contributed by atoms with van der Waals surface area (Å²) < 4.78 is 0. The molecule has 1 radical (unpaired) electrons. The van der Waals surface area contributed by atoms with E-state index in [9.17, 15) is 0 Å². The van der Waals surface area contributed by atoms with Crippen LogP contribution in [0.4, 0.5) is 0 Å². The number of hydrogen-bond acceptors (Lipinski definition) is 2. The Labute approximate surface area is 217 Å². The van der Waals surface area contributed by atoms with Crippen LogP contribution in [0.3, 0.4) is 0 Å². The summed E-state index contributed by atoms with van der Waals surface area (Å²) in [7, 11) is -2.71. The molecule has 0 saturated heterocycles. The summed E-state index contributed by atoms with van der Waals surface area (Å²) in [6, 6.07) is 13.9. The van der Waals surface area contributed by atoms with Crippen molar-refractivity contribution in [3.8, 4) is 0 Å². The quantitative estimate of drug-likeness (QED) is 0.273. The molecular formula is C24H41Cu2N2Si3. The normalized spacial score (nSPS) is 11.0. The van der Waals surface area contributed by atoms with E-state index in [1.54, 1.807) is 5.16 Å². The second-order valence-corrected chi connectivity index (χ2v) is 23.6. The molecule has 31 heavy (non-hydrogen) atoms. The van der Waals surface area contributed by atoms with Crippen LogP contribution in [0.15, 0.2) is 36.4 Å². The molecule has 2 nitrogen and oxygen atoms in total. The van der Waals surface area contributed by atoms with Crippen molar-refractivity contribution in [2.24, 2.45) is 0 Å². The summed E-state index contributed by atoms with van der Waals surface area (Å²) in [6.07, 6.45) is 0. The first-order chi connectivity index (χ1) is 13.2. The third-order valence-electron chi connectivity index (χ3n) is 4.59. The van der Waals surface area contributed by atoms with Crippen molar-refractivity contribution in [3.05, 3.63) is 70.3 Å². The van der Waals surface area contributed by atoms with Crippen LogP contribution in [0.1, 0.15) is 29.7 Å². The predicted molar refractivity (Wildman–Crippen MR) is 137 cm³/mol. The molecule has 0 aliphatic carbocycles. The van der Waals surface area contributed by atoms with Crippen molar-refractivity contribution < 1.29 is 34.1 Å². The molecule has 0 spiro atoms. The molecule has 0 fully saturated rings. The standard InChI is InChI=1S/C13H24NSi2.C11H17NSi.2Cu/c1-11-9-8-10-12(14-11)13(15(2,3)4)16(5,6)7;1-9(8-13(3)4)11-7-5-6-10(2)12-11;;/h8-10H,1-7H3;5-7H,8H2,1-4H3;;/q2*-1;2*+1. The molecule has 0 saturated carbocycles. The molecule has 2 aromatic heterocycles. The molecule has 181 valence electrons. The van der Waals surface area contributed by atoms with E-state index in [1.807, 2.05) is 13.0 Å². The molecule has 2 heterocycles. The minimum Gasteiger partial charge on any atom is -0.292 e. The van der Waals surface area contributed by atoms with Gasteiger partial charge in [-0.1, -0.05) is 75.9 Å². The molecule has 7 heteroatoms. The van der Waals surface area contributed by atoms with Gasteiger partial charge in [0.2, 0.25) is 0 Å². The van der Waals surface area contributed by atoms with Gasteiger partial charge in [-0.25, -0.2) is 0 Å². The predicted octanol–water partition coefficient (Wildman–Crippen LogP) is 7.15. The van der Waals surface area contributed by atoms with E-state index in [0.717, 1.165) is 11.4 Å². The topological polar surface area (TPSA) is 25.8 Å². The molecule has 0 aliphatic rings. The second-order valence-electron chi connectivity index (χ2n) is 10.4. The van der Waals surface area contributed by atoms with Crippen LogP contribution in [0, 0.1) is 24.9 Å². The molecule has 2 aromatic rings. The van der Waals surface area contributed by atoms with Gasteiger partial charge in [0.15, 0.2) is 0 Å². The molecule has 0 bridgehead atoms. The molecule has 2 rings (SSSR count). The van der Waals surface area contributed by atoms with Gasteiger partial charge in [0.1, 0.15) is 0 Å². The zero-order valence-electron chi connectivity index (χ0n) is 21.2. The number of aromatic nitrogens is 2. The van der Waals surface area contributed by atoms with Gasteiger partial charge in [-0.3, -0.25) is 9.97 Å². The summed E-state index contributed by atoms with van der Waals surface area (Å²) in [4.78, 5) is 9.24. The average molecular weight is 569 g/mol. The van der Waals surface area contributed by atoms with Crippen LogP contribution in [0.2, 0.25) is 58.4 Å². The smallest absolute Gasteiger partial charge is 0.292 e. The van der Waals surface area contributed by atoms with E-state index in [1.165, 1.54) is 23.3 Å². The second kappa shape index (κ2) is 14.1. The van der Waals surface area contributed by atoms with Gasteiger partial charge < -0.3 is 0 Å². The van der Waals surface area contributed by atoms with Gasteiger partial charge in [0.25, 0.3) is 0 Å². The van der Waals surface area contributed by atoms with Gasteiger partial charge in [-0.05, 0) is 30.0 Å². The van der Waals surface area contributed by atoms with Crippen LogP contribution in [0.5, 0.6) is 0 Å². The summed E-state index contributed by atoms with van der Waals surface area (Å²) in [5, 5.41) is 1.70. The molecule has 0 aromatic carbocycles. The van der Waals surface area contributed by atoms with Crippen molar-refractivity contribution in [1.82, 2.24) is 9.97 Å². The monoisotopic (exact) mass is 567 g/mol. The molecule has 0 unspecified atom stereocenters. The Bertz CT molecular complexity index is 758. The number of hydrogen-bond donors (Lipinski definition) is 0. The largest absolute Gasteiger partial charge is 1.00 e. The fraction of sp³-hybridized carbons (Fsp3) is 0.500. The van der Waals surface area contributed by atoms with Gasteiger partial charge in [0, 0.05) is 20.2 Å². The van der Waals surface area contributed by atoms with Crippen molar-refractivity contribution >= 4 is 24.9 Å². The SMILES string of the molecule is Cc1cccc([C-](C)C[Si](C)C)n1.Cc1cccc([C-]([Si](C)(C)C)[Si](C)(C)C)n1.[Cu+].[Cu+]. The molecule has 0 aliphatic heterocycles. The third-order valence-corrected chi connectivity index (χ3v) is 13.8. The maximum atomic E-state index is 4.74. The van der Waals surface area contributed by atoms with E-state index < -0.39 is 16.1 Å². The Kier molecular flexibility index (Phi) is 15.0. The molecule has 0 atom stereocenters. The van der Waals surface area contributed by atoms with Crippen molar-refractivity contribution in [2.75, 3.05) is 0 Å². The maximum absolute atomic E-state index is 4.74. The first-order valence-electron chi connectivity index (χ1n) is 10.6. The Hall–Kier alpha value is -0.270. The molecule has 0 amide bonds. The zero-order valence-corrected chi connectivity index (χ0v) is 26.1. The van der Waals surface area contributed by atoms with Crippen molar-refractivity contribution in [2.45, 2.75) is 79.2 Å². The summed E-state index contributed by atoms with van der Waals surface area (Å²) in [6.45, 7) is 25.6. The van der Waals surface area contributed by atoms with Crippen molar-refractivity contribution in [3.63, 3.8) is 0 Å². The summed E-state index contributed by atoms with van der Waals surface area (Å²) >= 11 is 0. The Balaban J connectivity index is 0. The molecule has 0 N–H and O–H groups in total. The van der Waals surface area contributed by atoms with Gasteiger partial charge in [-0.2, -0.15) is 23.2 Å². The average Bonchev–Trinajstić information content (AvgIpc) is 2.52. The van der Waals surface area contributed by atoms with E-state index >= 15 is 0 Å². The summed E-state index contributed by atoms with van der Waals surface area (Å²) in [5.74, 6) is 1.43. The first kappa shape index (κ1) is 32.9. The minimum absolute atomic E-state index is 0. The molecular weight excluding hydrogens is 528 g/mol.